The first-order valence-corrected chi connectivity index (χ1v) is 15.9. The second kappa shape index (κ2) is 12.2. The van der Waals surface area contributed by atoms with E-state index in [0.29, 0.717) is 10.0 Å². The lowest BCUT2D eigenvalue weighted by Gasteiger charge is -2.43. The summed E-state index contributed by atoms with van der Waals surface area (Å²) in [6, 6.07) is 20.1. The minimum absolute atomic E-state index is 0.0464. The normalized spacial score (nSPS) is 19.5. The fourth-order valence-electron chi connectivity index (χ4n) is 6.04. The van der Waals surface area contributed by atoms with Crippen LogP contribution in [0.15, 0.2) is 71.6 Å². The second-order valence-electron chi connectivity index (χ2n) is 10.8. The molecule has 0 N–H and O–H groups in total. The maximum absolute atomic E-state index is 13.7. The first-order valence-electron chi connectivity index (χ1n) is 13.7. The molecule has 1 fully saturated rings. The molecule has 3 aromatic rings. The van der Waals surface area contributed by atoms with Crippen molar-refractivity contribution in [3.63, 3.8) is 0 Å². The lowest BCUT2D eigenvalue weighted by molar-refractivity contribution is -0.133. The lowest BCUT2D eigenvalue weighted by Crippen LogP contribution is -2.48. The van der Waals surface area contributed by atoms with Crippen molar-refractivity contribution in [1.82, 2.24) is 14.1 Å². The van der Waals surface area contributed by atoms with Gasteiger partial charge in [0.1, 0.15) is 0 Å². The van der Waals surface area contributed by atoms with Crippen LogP contribution in [0.3, 0.4) is 0 Å². The van der Waals surface area contributed by atoms with Gasteiger partial charge in [0.05, 0.1) is 27.4 Å². The number of likely N-dealkylation sites (N-methyl/N-ethyl adjacent to an activating group) is 1. The van der Waals surface area contributed by atoms with Crippen LogP contribution in [0, 0.1) is 0 Å². The van der Waals surface area contributed by atoms with Crippen molar-refractivity contribution in [2.75, 3.05) is 27.2 Å². The number of nitrogens with zero attached hydrogens (tertiary/aromatic N) is 3. The Balaban J connectivity index is 1.47. The Labute approximate surface area is 247 Å². The fourth-order valence-corrected chi connectivity index (χ4v) is 7.55. The van der Waals surface area contributed by atoms with Crippen molar-refractivity contribution >= 4 is 39.1 Å². The molecular formula is C31H35Cl2N3O3S. The van der Waals surface area contributed by atoms with Crippen LogP contribution >= 0.6 is 23.2 Å². The van der Waals surface area contributed by atoms with Crippen LogP contribution in [-0.2, 0) is 34.2 Å². The van der Waals surface area contributed by atoms with Gasteiger partial charge >= 0.3 is 0 Å². The van der Waals surface area contributed by atoms with Crippen LogP contribution in [-0.4, -0.2) is 61.7 Å². The average Bonchev–Trinajstić information content (AvgIpc) is 3.49. The molecule has 2 atom stereocenters. The van der Waals surface area contributed by atoms with Crippen molar-refractivity contribution in [2.45, 2.75) is 55.6 Å². The Bertz CT molecular complexity index is 1480. The summed E-state index contributed by atoms with van der Waals surface area (Å²) in [4.78, 5) is 18.2. The highest BCUT2D eigenvalue weighted by molar-refractivity contribution is 7.89. The van der Waals surface area contributed by atoms with E-state index in [1.807, 2.05) is 60.5 Å². The number of hydrogen-bond acceptors (Lipinski definition) is 4. The summed E-state index contributed by atoms with van der Waals surface area (Å²) >= 11 is 12.3. The number of hydrogen-bond donors (Lipinski definition) is 0. The van der Waals surface area contributed by atoms with Gasteiger partial charge in [-0.15, -0.1) is 0 Å². The van der Waals surface area contributed by atoms with Crippen molar-refractivity contribution in [2.24, 2.45) is 0 Å². The van der Waals surface area contributed by atoms with Gasteiger partial charge in [-0.2, -0.15) is 4.31 Å². The quantitative estimate of drug-likeness (QED) is 0.320. The van der Waals surface area contributed by atoms with E-state index in [1.165, 1.54) is 4.31 Å². The SMILES string of the molecule is CN(C(=O)Cc1ccc(Cl)c(Cl)c1)C1c2cc(S(=O)(=O)N(C)Cc3ccccc3)ccc2CCC1N1CCCC1. The molecule has 0 spiro atoms. The summed E-state index contributed by atoms with van der Waals surface area (Å²) in [7, 11) is -0.296. The molecule has 6 nitrogen and oxygen atoms in total. The minimum Gasteiger partial charge on any atom is -0.337 e. The van der Waals surface area contributed by atoms with Crippen molar-refractivity contribution in [3.05, 3.63) is 99.0 Å². The molecule has 40 heavy (non-hydrogen) atoms. The van der Waals surface area contributed by atoms with Gasteiger partial charge in [-0.25, -0.2) is 8.42 Å². The predicted octanol–water partition coefficient (Wildman–Crippen LogP) is 5.97. The second-order valence-corrected chi connectivity index (χ2v) is 13.7. The zero-order valence-electron chi connectivity index (χ0n) is 22.9. The molecule has 9 heteroatoms. The van der Waals surface area contributed by atoms with Gasteiger partial charge in [0, 0.05) is 26.7 Å². The number of sulfonamides is 1. The van der Waals surface area contributed by atoms with Crippen LogP contribution in [0.1, 0.15) is 47.6 Å². The maximum atomic E-state index is 13.7. The van der Waals surface area contributed by atoms with Gasteiger partial charge in [-0.1, -0.05) is 65.7 Å². The largest absolute Gasteiger partial charge is 0.337 e. The number of likely N-dealkylation sites (tertiary alicyclic amines) is 1. The van der Waals surface area contributed by atoms with E-state index in [1.54, 1.807) is 25.2 Å². The van der Waals surface area contributed by atoms with E-state index in [4.69, 9.17) is 23.2 Å². The van der Waals surface area contributed by atoms with Crippen LogP contribution < -0.4 is 0 Å². The number of halogens is 2. The molecule has 5 rings (SSSR count). The Hall–Kier alpha value is -2.42. The van der Waals surface area contributed by atoms with Crippen LogP contribution in [0.4, 0.5) is 0 Å². The number of fused-ring (bicyclic) bond motifs is 1. The summed E-state index contributed by atoms with van der Waals surface area (Å²) in [6.45, 7) is 2.26. The van der Waals surface area contributed by atoms with Crippen molar-refractivity contribution in [3.8, 4) is 0 Å². The number of aryl methyl sites for hydroxylation is 1. The molecule has 1 saturated heterocycles. The molecule has 0 radical (unpaired) electrons. The third-order valence-corrected chi connectivity index (χ3v) is 10.8. The third-order valence-electron chi connectivity index (χ3n) is 8.23. The molecule has 1 aliphatic carbocycles. The lowest BCUT2D eigenvalue weighted by atomic mass is 9.82. The smallest absolute Gasteiger partial charge is 0.243 e. The Morgan fingerprint density at radius 1 is 0.925 bits per heavy atom. The van der Waals surface area contributed by atoms with Crippen molar-refractivity contribution in [1.29, 1.82) is 0 Å². The third kappa shape index (κ3) is 6.09. The van der Waals surface area contributed by atoms with E-state index in [9.17, 15) is 13.2 Å². The molecule has 2 aliphatic rings. The van der Waals surface area contributed by atoms with Gasteiger partial charge in [0.2, 0.25) is 15.9 Å². The number of benzene rings is 3. The van der Waals surface area contributed by atoms with Crippen LogP contribution in [0.25, 0.3) is 0 Å². The highest BCUT2D eigenvalue weighted by Crippen LogP contribution is 2.40. The van der Waals surface area contributed by atoms with E-state index in [2.05, 4.69) is 4.90 Å². The summed E-state index contributed by atoms with van der Waals surface area (Å²) in [5.74, 6) is -0.0464. The maximum Gasteiger partial charge on any atom is 0.243 e. The number of carbonyl (C=O) groups excluding carboxylic acids is 1. The van der Waals surface area contributed by atoms with Gasteiger partial charge in [-0.3, -0.25) is 9.69 Å². The number of amides is 1. The molecule has 0 aromatic heterocycles. The molecule has 1 aliphatic heterocycles. The molecular weight excluding hydrogens is 565 g/mol. The van der Waals surface area contributed by atoms with Crippen molar-refractivity contribution < 1.29 is 13.2 Å². The van der Waals surface area contributed by atoms with Gasteiger partial charge in [0.25, 0.3) is 0 Å². The summed E-state index contributed by atoms with van der Waals surface area (Å²) in [6.07, 6.45) is 4.22. The molecule has 1 amide bonds. The van der Waals surface area contributed by atoms with Gasteiger partial charge in [-0.05, 0) is 85.3 Å². The fraction of sp³-hybridized carbons (Fsp3) is 0.387. The summed E-state index contributed by atoms with van der Waals surface area (Å²) in [5, 5.41) is 0.870. The van der Waals surface area contributed by atoms with E-state index >= 15 is 0 Å². The molecule has 0 saturated carbocycles. The summed E-state index contributed by atoms with van der Waals surface area (Å²) in [5.41, 5.74) is 3.73. The van der Waals surface area contributed by atoms with Crippen LogP contribution in [0.5, 0.6) is 0 Å². The van der Waals surface area contributed by atoms with Gasteiger partial charge in [0.15, 0.2) is 0 Å². The predicted molar refractivity (Wildman–Crippen MR) is 160 cm³/mol. The summed E-state index contributed by atoms with van der Waals surface area (Å²) < 4.78 is 28.8. The topological polar surface area (TPSA) is 60.9 Å². The zero-order valence-corrected chi connectivity index (χ0v) is 25.2. The monoisotopic (exact) mass is 599 g/mol. The number of rotatable bonds is 8. The Kier molecular flexibility index (Phi) is 8.88. The average molecular weight is 601 g/mol. The number of carbonyl (C=O) groups is 1. The highest BCUT2D eigenvalue weighted by Gasteiger charge is 2.39. The van der Waals surface area contributed by atoms with E-state index < -0.39 is 10.0 Å². The standard InChI is InChI=1S/C31H35Cl2N3O3S/c1-34(21-22-8-4-3-5-9-22)40(38,39)25-13-11-24-12-15-29(36-16-6-7-17-36)31(26(24)20-25)35(2)30(37)19-23-10-14-27(32)28(33)18-23/h3-5,8-11,13-14,18,20,29,31H,6-7,12,15-17,19,21H2,1-2H3. The molecule has 3 aromatic carbocycles. The van der Waals surface area contributed by atoms with Crippen LogP contribution in [0.2, 0.25) is 10.0 Å². The van der Waals surface area contributed by atoms with Gasteiger partial charge < -0.3 is 4.90 Å². The first kappa shape index (κ1) is 29.1. The van der Waals surface area contributed by atoms with E-state index in [-0.39, 0.29) is 35.9 Å². The molecule has 0 bridgehead atoms. The Morgan fingerprint density at radius 3 is 2.35 bits per heavy atom. The zero-order chi connectivity index (χ0) is 28.4. The van der Waals surface area contributed by atoms with E-state index in [0.717, 1.165) is 61.0 Å². The highest BCUT2D eigenvalue weighted by atomic mass is 35.5. The Morgan fingerprint density at radius 2 is 1.65 bits per heavy atom. The molecule has 1 heterocycles. The first-order chi connectivity index (χ1) is 19.1. The molecule has 2 unspecified atom stereocenters. The minimum atomic E-state index is -3.74. The molecule has 212 valence electrons.